The van der Waals surface area contributed by atoms with E-state index in [1.54, 1.807) is 0 Å². The van der Waals surface area contributed by atoms with Gasteiger partial charge in [0.15, 0.2) is 6.10 Å². The molecule has 0 amide bonds. The molecule has 0 spiro atoms. The van der Waals surface area contributed by atoms with Crippen LogP contribution in [0.5, 0.6) is 0 Å². The smallest absolute Gasteiger partial charge is 0.462 e. The molecule has 0 aromatic rings. The lowest BCUT2D eigenvalue weighted by Crippen LogP contribution is -2.37. The van der Waals surface area contributed by atoms with Gasteiger partial charge in [-0.15, -0.1) is 0 Å². The molecular weight excluding hydrogens is 1090 g/mol. The quantitative estimate of drug-likeness (QED) is 0.0211. The van der Waals surface area contributed by atoms with Crippen molar-refractivity contribution in [3.05, 3.63) is 170 Å². The molecule has 0 aliphatic carbocycles. The van der Waals surface area contributed by atoms with Gasteiger partial charge in [-0.1, -0.05) is 274 Å². The second kappa shape index (κ2) is 64.8. The minimum Gasteiger partial charge on any atom is -0.462 e. The lowest BCUT2D eigenvalue weighted by Gasteiger charge is -2.24. The maximum Gasteiger partial charge on any atom is 0.472 e. The molecule has 2 unspecified atom stereocenters. The van der Waals surface area contributed by atoms with Crippen molar-refractivity contribution < 1.29 is 42.1 Å². The average Bonchev–Trinajstić information content (AvgIpc) is 3.56. The number of hydrogen-bond donors (Lipinski definition) is 1. The van der Waals surface area contributed by atoms with Crippen molar-refractivity contribution >= 4 is 19.8 Å². The molecule has 0 saturated carbocycles. The van der Waals surface area contributed by atoms with Crippen LogP contribution < -0.4 is 0 Å². The maximum absolute atomic E-state index is 12.9. The van der Waals surface area contributed by atoms with E-state index >= 15 is 0 Å². The summed E-state index contributed by atoms with van der Waals surface area (Å²) in [6.45, 7) is 4.17. The largest absolute Gasteiger partial charge is 0.472 e. The van der Waals surface area contributed by atoms with E-state index in [2.05, 4.69) is 184 Å². The highest BCUT2D eigenvalue weighted by molar-refractivity contribution is 7.47. The molecule has 2 atom stereocenters. The van der Waals surface area contributed by atoms with E-state index in [9.17, 15) is 19.0 Å². The highest BCUT2D eigenvalue weighted by Gasteiger charge is 2.27. The first kappa shape index (κ1) is 81.4. The van der Waals surface area contributed by atoms with Crippen LogP contribution in [0.15, 0.2) is 170 Å². The van der Waals surface area contributed by atoms with E-state index < -0.39 is 26.5 Å². The van der Waals surface area contributed by atoms with Gasteiger partial charge in [0, 0.05) is 12.8 Å². The predicted molar refractivity (Wildman–Crippen MR) is 371 cm³/mol. The van der Waals surface area contributed by atoms with Crippen molar-refractivity contribution in [2.45, 2.75) is 251 Å². The van der Waals surface area contributed by atoms with E-state index in [4.69, 9.17) is 18.5 Å². The Morgan fingerprint density at radius 2 is 0.628 bits per heavy atom. The van der Waals surface area contributed by atoms with Gasteiger partial charge in [0.2, 0.25) is 0 Å². The summed E-state index contributed by atoms with van der Waals surface area (Å²) >= 11 is 0. The number of carbonyl (C=O) groups excluding carboxylic acids is 2. The number of esters is 2. The highest BCUT2D eigenvalue weighted by Crippen LogP contribution is 2.43. The normalized spacial score (nSPS) is 14.3. The number of nitrogens with zero attached hydrogens (tertiary/aromatic N) is 1. The number of rotatable bonds is 60. The third-order valence-corrected chi connectivity index (χ3v) is 14.7. The van der Waals surface area contributed by atoms with E-state index in [0.717, 1.165) is 135 Å². The van der Waals surface area contributed by atoms with Gasteiger partial charge in [0.1, 0.15) is 19.8 Å². The van der Waals surface area contributed by atoms with Crippen molar-refractivity contribution in [2.24, 2.45) is 0 Å². The Bertz CT molecular complexity index is 2060. The lowest BCUT2D eigenvalue weighted by molar-refractivity contribution is -0.870. The molecule has 0 aliphatic rings. The molecule has 0 aromatic carbocycles. The Labute approximate surface area is 528 Å². The highest BCUT2D eigenvalue weighted by atomic mass is 31.2. The number of quaternary nitrogens is 1. The summed E-state index contributed by atoms with van der Waals surface area (Å²) in [5.41, 5.74) is 0. The number of likely N-dealkylation sites (N-methyl/N-ethyl adjacent to an activating group) is 1. The summed E-state index contributed by atoms with van der Waals surface area (Å²) in [6, 6.07) is 0. The summed E-state index contributed by atoms with van der Waals surface area (Å²) in [5, 5.41) is 0. The first-order chi connectivity index (χ1) is 42.0. The molecule has 486 valence electrons. The van der Waals surface area contributed by atoms with Crippen LogP contribution in [0.3, 0.4) is 0 Å². The third kappa shape index (κ3) is 68.5. The van der Waals surface area contributed by atoms with Crippen LogP contribution in [0.4, 0.5) is 0 Å². The molecule has 10 heteroatoms. The maximum atomic E-state index is 12.9. The number of phosphoric ester groups is 1. The number of ether oxygens (including phenoxy) is 2. The zero-order chi connectivity index (χ0) is 62.6. The molecule has 0 fully saturated rings. The van der Waals surface area contributed by atoms with Crippen molar-refractivity contribution in [3.63, 3.8) is 0 Å². The van der Waals surface area contributed by atoms with Gasteiger partial charge in [-0.25, -0.2) is 4.57 Å². The van der Waals surface area contributed by atoms with Crippen LogP contribution in [0.25, 0.3) is 0 Å². The van der Waals surface area contributed by atoms with Crippen LogP contribution in [0.2, 0.25) is 0 Å². The molecular formula is C76H125NO8P+. The second-order valence-electron chi connectivity index (χ2n) is 23.1. The van der Waals surface area contributed by atoms with E-state index in [-0.39, 0.29) is 32.0 Å². The van der Waals surface area contributed by atoms with Crippen molar-refractivity contribution in [3.8, 4) is 0 Å². The Balaban J connectivity index is 4.20. The fourth-order valence-corrected chi connectivity index (χ4v) is 9.36. The molecule has 9 nitrogen and oxygen atoms in total. The number of unbranched alkanes of at least 4 members (excludes halogenated alkanes) is 18. The number of carbonyl (C=O) groups is 2. The predicted octanol–water partition coefficient (Wildman–Crippen LogP) is 22.2. The molecule has 0 aromatic heterocycles. The molecule has 0 aliphatic heterocycles. The average molecular weight is 1210 g/mol. The van der Waals surface area contributed by atoms with Crippen molar-refractivity contribution in [2.75, 3.05) is 47.5 Å². The molecule has 0 radical (unpaired) electrons. The molecule has 86 heavy (non-hydrogen) atoms. The van der Waals surface area contributed by atoms with Crippen molar-refractivity contribution in [1.29, 1.82) is 0 Å². The fourth-order valence-electron chi connectivity index (χ4n) is 8.62. The topological polar surface area (TPSA) is 108 Å². The Morgan fingerprint density at radius 3 is 0.930 bits per heavy atom. The molecule has 0 heterocycles. The minimum absolute atomic E-state index is 0.0173. The summed E-state index contributed by atoms with van der Waals surface area (Å²) in [4.78, 5) is 35.8. The van der Waals surface area contributed by atoms with Gasteiger partial charge in [0.05, 0.1) is 27.7 Å². The Hall–Kier alpha value is -4.63. The molecule has 0 saturated heterocycles. The zero-order valence-corrected chi connectivity index (χ0v) is 56.1. The van der Waals surface area contributed by atoms with Crippen LogP contribution >= 0.6 is 7.82 Å². The van der Waals surface area contributed by atoms with Gasteiger partial charge in [-0.05, 0) is 128 Å². The van der Waals surface area contributed by atoms with Crippen LogP contribution in [0.1, 0.15) is 245 Å². The van der Waals surface area contributed by atoms with Gasteiger partial charge in [-0.2, -0.15) is 0 Å². The van der Waals surface area contributed by atoms with Gasteiger partial charge < -0.3 is 18.9 Å². The minimum atomic E-state index is -4.41. The van der Waals surface area contributed by atoms with Crippen molar-refractivity contribution in [1.82, 2.24) is 0 Å². The Morgan fingerprint density at radius 1 is 0.360 bits per heavy atom. The lowest BCUT2D eigenvalue weighted by atomic mass is 10.0. The zero-order valence-electron chi connectivity index (χ0n) is 55.2. The standard InChI is InChI=1S/C76H124NO8P/c1-6-8-10-12-14-16-18-20-22-24-26-28-30-32-34-35-36-37-38-39-40-41-43-45-47-49-51-53-55-57-59-61-63-65-67-69-76(79)85-74(73-84-86(80,81)83-71-70-77(3,4)5)72-82-75(78)68-66-64-62-60-58-56-54-52-50-48-46-44-42-33-31-29-27-25-23-21-19-17-15-13-11-9-7-2/h8-11,14-17,20-23,26-29,32,34,36-37,39-40,43,45,49,51,55,57,74H,6-7,12-13,18-19,24-25,30-31,33,35,38,41-42,44,46-48,50,52-54,56,58-73H2,1-5H3/p+1/b10-8-,11-9-,16-14-,17-15-,22-20-,23-21-,28-26-,29-27-,34-32-,37-36-,40-39-,45-43-,51-49-,57-55-. The van der Waals surface area contributed by atoms with Crippen LogP contribution in [0, 0.1) is 0 Å². The number of phosphoric acid groups is 1. The van der Waals surface area contributed by atoms with E-state index in [0.29, 0.717) is 17.4 Å². The van der Waals surface area contributed by atoms with E-state index in [1.165, 1.54) is 77.0 Å². The second-order valence-corrected chi connectivity index (χ2v) is 24.5. The fraction of sp³-hybridized carbons (Fsp3) is 0.605. The first-order valence-corrected chi connectivity index (χ1v) is 35.4. The SMILES string of the molecule is CC/C=C\C/C=C\C/C=C\C/C=C\C/C=C\C/C=C\C/C=C\C/C=C\C/C=C\C/C=C\CCCCCCC(=O)OC(COC(=O)CCCCCCCCCCCCCCCC/C=C\C/C=C\C/C=C\C/C=C\CC)COP(=O)(O)OCC[N+](C)(C)C. The van der Waals surface area contributed by atoms with Gasteiger partial charge >= 0.3 is 19.8 Å². The summed E-state index contributed by atoms with van der Waals surface area (Å²) in [6.07, 6.45) is 98.7. The molecule has 0 rings (SSSR count). The summed E-state index contributed by atoms with van der Waals surface area (Å²) < 4.78 is 34.7. The number of allylic oxidation sites excluding steroid dienone is 28. The monoisotopic (exact) mass is 1210 g/mol. The number of hydrogen-bond acceptors (Lipinski definition) is 7. The van der Waals surface area contributed by atoms with Crippen LogP contribution in [-0.4, -0.2) is 74.9 Å². The summed E-state index contributed by atoms with van der Waals surface area (Å²) in [7, 11) is 1.44. The van der Waals surface area contributed by atoms with Gasteiger partial charge in [-0.3, -0.25) is 18.6 Å². The first-order valence-electron chi connectivity index (χ1n) is 33.9. The Kier molecular flexibility index (Phi) is 61.3. The van der Waals surface area contributed by atoms with E-state index in [1.807, 2.05) is 21.1 Å². The third-order valence-electron chi connectivity index (χ3n) is 13.7. The molecule has 1 N–H and O–H groups in total. The summed E-state index contributed by atoms with van der Waals surface area (Å²) in [5.74, 6) is -0.836. The van der Waals surface area contributed by atoms with Gasteiger partial charge in [0.25, 0.3) is 0 Å². The van der Waals surface area contributed by atoms with Crippen LogP contribution in [-0.2, 0) is 32.7 Å². The molecule has 0 bridgehead atoms.